The molecule has 1 atom stereocenters. The van der Waals surface area contributed by atoms with E-state index < -0.39 is 0 Å². The zero-order valence-electron chi connectivity index (χ0n) is 11.3. The van der Waals surface area contributed by atoms with Gasteiger partial charge in [0.25, 0.3) is 0 Å². The van der Waals surface area contributed by atoms with Crippen LogP contribution in [0.3, 0.4) is 0 Å². The first kappa shape index (κ1) is 14.1. The van der Waals surface area contributed by atoms with Gasteiger partial charge in [0.1, 0.15) is 5.82 Å². The number of hydrogen-bond donors (Lipinski definition) is 1. The third-order valence-electron chi connectivity index (χ3n) is 4.11. The van der Waals surface area contributed by atoms with Crippen molar-refractivity contribution in [2.75, 3.05) is 18.9 Å². The van der Waals surface area contributed by atoms with Gasteiger partial charge in [0.2, 0.25) is 5.95 Å². The number of nitrogen functional groups attached to an aromatic ring is 1. The average molecular weight is 389 g/mol. The van der Waals surface area contributed by atoms with Gasteiger partial charge in [-0.25, -0.2) is 9.37 Å². The molecule has 4 nitrogen and oxygen atoms in total. The Morgan fingerprint density at radius 3 is 2.85 bits per heavy atom. The predicted octanol–water partition coefficient (Wildman–Crippen LogP) is 3.35. The van der Waals surface area contributed by atoms with Gasteiger partial charge in [-0.05, 0) is 54.3 Å². The summed E-state index contributed by atoms with van der Waals surface area (Å²) in [5.74, 6) is 0.726. The molecule has 108 valence electrons. The largest absolute Gasteiger partial charge is 0.381 e. The molecule has 2 aromatic rings. The lowest BCUT2D eigenvalue weighted by molar-refractivity contribution is 0.0521. The van der Waals surface area contributed by atoms with Gasteiger partial charge in [-0.15, -0.1) is 0 Å². The summed E-state index contributed by atoms with van der Waals surface area (Å²) in [5.41, 5.74) is 7.59. The number of nitrogens with zero attached hydrogens (tertiary/aromatic N) is 2. The lowest BCUT2D eigenvalue weighted by Crippen LogP contribution is -2.24. The summed E-state index contributed by atoms with van der Waals surface area (Å²) in [5, 5.41) is 0. The molecule has 1 aromatic carbocycles. The van der Waals surface area contributed by atoms with Crippen molar-refractivity contribution in [1.82, 2.24) is 9.55 Å². The van der Waals surface area contributed by atoms with E-state index in [0.29, 0.717) is 15.4 Å². The summed E-state index contributed by atoms with van der Waals surface area (Å²) < 4.78 is 21.8. The molecule has 1 saturated heterocycles. The maximum Gasteiger partial charge on any atom is 0.201 e. The van der Waals surface area contributed by atoms with E-state index in [9.17, 15) is 4.39 Å². The van der Waals surface area contributed by atoms with Gasteiger partial charge in [0.05, 0.1) is 14.6 Å². The fourth-order valence-corrected chi connectivity index (χ4v) is 3.40. The van der Waals surface area contributed by atoms with Gasteiger partial charge in [-0.1, -0.05) is 0 Å². The summed E-state index contributed by atoms with van der Waals surface area (Å²) >= 11 is 1.97. The molecule has 6 heteroatoms. The third-order valence-corrected chi connectivity index (χ3v) is 4.94. The molecule has 0 bridgehead atoms. The molecule has 2 N–H and O–H groups in total. The lowest BCUT2D eigenvalue weighted by Gasteiger charge is -2.29. The Kier molecular flexibility index (Phi) is 3.85. The van der Waals surface area contributed by atoms with Gasteiger partial charge >= 0.3 is 0 Å². The number of benzene rings is 1. The highest BCUT2D eigenvalue weighted by Gasteiger charge is 2.25. The van der Waals surface area contributed by atoms with Gasteiger partial charge in [-0.3, -0.25) is 0 Å². The highest BCUT2D eigenvalue weighted by Crippen LogP contribution is 2.33. The molecule has 0 saturated carbocycles. The van der Waals surface area contributed by atoms with Crippen LogP contribution >= 0.6 is 22.6 Å². The molecular weight excluding hydrogens is 372 g/mol. The highest BCUT2D eigenvalue weighted by atomic mass is 127. The van der Waals surface area contributed by atoms with Crippen LogP contribution in [0.4, 0.5) is 10.3 Å². The molecule has 1 unspecified atom stereocenters. The molecule has 1 fully saturated rings. The highest BCUT2D eigenvalue weighted by molar-refractivity contribution is 14.1. The monoisotopic (exact) mass is 389 g/mol. The van der Waals surface area contributed by atoms with Gasteiger partial charge in [-0.2, -0.15) is 0 Å². The second kappa shape index (κ2) is 5.48. The first-order valence-corrected chi connectivity index (χ1v) is 7.86. The number of anilines is 1. The Balaban J connectivity index is 2.05. The lowest BCUT2D eigenvalue weighted by atomic mass is 9.92. The smallest absolute Gasteiger partial charge is 0.201 e. The number of halogens is 2. The molecule has 1 aliphatic heterocycles. The SMILES string of the molecule is CC(C1CCOCC1)n1c(N)nc2cc(I)c(F)cc21. The molecule has 20 heavy (non-hydrogen) atoms. The Bertz CT molecular complexity index is 637. The first-order chi connectivity index (χ1) is 9.58. The van der Waals surface area contributed by atoms with E-state index in [1.54, 1.807) is 6.07 Å². The van der Waals surface area contributed by atoms with Gasteiger partial charge < -0.3 is 15.0 Å². The summed E-state index contributed by atoms with van der Waals surface area (Å²) in [4.78, 5) is 4.37. The van der Waals surface area contributed by atoms with Gasteiger partial charge in [0.15, 0.2) is 0 Å². The normalized spacial score (nSPS) is 18.6. The van der Waals surface area contributed by atoms with E-state index in [1.807, 2.05) is 27.2 Å². The molecule has 0 aliphatic carbocycles. The van der Waals surface area contributed by atoms with Crippen LogP contribution < -0.4 is 5.73 Å². The van der Waals surface area contributed by atoms with E-state index >= 15 is 0 Å². The Morgan fingerprint density at radius 2 is 2.15 bits per heavy atom. The van der Waals surface area contributed by atoms with E-state index in [1.165, 1.54) is 6.07 Å². The van der Waals surface area contributed by atoms with E-state index in [-0.39, 0.29) is 11.9 Å². The molecule has 3 rings (SSSR count). The number of ether oxygens (including phenoxy) is 1. The van der Waals surface area contributed by atoms with Crippen LogP contribution in [0, 0.1) is 15.3 Å². The Hall–Kier alpha value is -0.890. The van der Waals surface area contributed by atoms with E-state index in [0.717, 1.165) is 37.1 Å². The van der Waals surface area contributed by atoms with Crippen LogP contribution in [0.15, 0.2) is 12.1 Å². The van der Waals surface area contributed by atoms with Crippen molar-refractivity contribution < 1.29 is 9.13 Å². The molecule has 2 heterocycles. The van der Waals surface area contributed by atoms with E-state index in [2.05, 4.69) is 11.9 Å². The van der Waals surface area contributed by atoms with Crippen LogP contribution in [0.1, 0.15) is 25.8 Å². The number of aromatic nitrogens is 2. The standard InChI is InChI=1S/C14H17FIN3O/c1-8(9-2-4-20-5-3-9)19-13-6-10(15)11(16)7-12(13)18-14(19)17/h6-9H,2-5H2,1H3,(H2,17,18). The minimum atomic E-state index is -0.224. The van der Waals surface area contributed by atoms with Gasteiger partial charge in [0, 0.05) is 25.3 Å². The number of hydrogen-bond acceptors (Lipinski definition) is 3. The average Bonchev–Trinajstić information content (AvgIpc) is 2.75. The molecule has 1 aromatic heterocycles. The second-order valence-corrected chi connectivity index (χ2v) is 6.45. The maximum absolute atomic E-state index is 13.8. The quantitative estimate of drug-likeness (QED) is 0.802. The van der Waals surface area contributed by atoms with Crippen molar-refractivity contribution in [2.24, 2.45) is 5.92 Å². The van der Waals surface area contributed by atoms with Crippen LogP contribution in [0.2, 0.25) is 0 Å². The molecular formula is C14H17FIN3O. The van der Waals surface area contributed by atoms with Crippen LogP contribution in [0.5, 0.6) is 0 Å². The van der Waals surface area contributed by atoms with Crippen molar-refractivity contribution in [1.29, 1.82) is 0 Å². The summed E-state index contributed by atoms with van der Waals surface area (Å²) in [6.45, 7) is 3.70. The van der Waals surface area contributed by atoms with Crippen LogP contribution in [0.25, 0.3) is 11.0 Å². The van der Waals surface area contributed by atoms with Crippen molar-refractivity contribution in [2.45, 2.75) is 25.8 Å². The fraction of sp³-hybridized carbons (Fsp3) is 0.500. The number of fused-ring (bicyclic) bond motifs is 1. The Labute approximate surface area is 130 Å². The van der Waals surface area contributed by atoms with E-state index in [4.69, 9.17) is 10.5 Å². The first-order valence-electron chi connectivity index (χ1n) is 6.78. The minimum Gasteiger partial charge on any atom is -0.381 e. The number of imidazole rings is 1. The molecule has 1 aliphatic rings. The van der Waals surface area contributed by atoms with Crippen LogP contribution in [-0.4, -0.2) is 22.8 Å². The number of rotatable bonds is 2. The summed E-state index contributed by atoms with van der Waals surface area (Å²) in [6, 6.07) is 3.48. The molecule has 0 radical (unpaired) electrons. The fourth-order valence-electron chi connectivity index (χ4n) is 2.95. The Morgan fingerprint density at radius 1 is 1.45 bits per heavy atom. The maximum atomic E-state index is 13.8. The van der Waals surface area contributed by atoms with Crippen molar-refractivity contribution >= 4 is 39.6 Å². The zero-order chi connectivity index (χ0) is 14.3. The molecule has 0 spiro atoms. The van der Waals surface area contributed by atoms with Crippen molar-refractivity contribution in [3.8, 4) is 0 Å². The topological polar surface area (TPSA) is 53.1 Å². The summed E-state index contributed by atoms with van der Waals surface area (Å²) in [6.07, 6.45) is 2.01. The number of nitrogens with two attached hydrogens (primary N) is 1. The predicted molar refractivity (Wildman–Crippen MR) is 85.1 cm³/mol. The summed E-state index contributed by atoms with van der Waals surface area (Å²) in [7, 11) is 0. The van der Waals surface area contributed by atoms with Crippen molar-refractivity contribution in [3.63, 3.8) is 0 Å². The second-order valence-electron chi connectivity index (χ2n) is 5.29. The zero-order valence-corrected chi connectivity index (χ0v) is 13.4. The third kappa shape index (κ3) is 2.39. The molecule has 0 amide bonds. The van der Waals surface area contributed by atoms with Crippen molar-refractivity contribution in [3.05, 3.63) is 21.5 Å². The minimum absolute atomic E-state index is 0.198. The van der Waals surface area contributed by atoms with Crippen LogP contribution in [-0.2, 0) is 4.74 Å².